The summed E-state index contributed by atoms with van der Waals surface area (Å²) in [4.78, 5) is 12.5. The third-order valence-electron chi connectivity index (χ3n) is 4.19. The number of para-hydroxylation sites is 2. The lowest BCUT2D eigenvalue weighted by Crippen LogP contribution is -2.16. The number of carbonyl (C=O) groups is 1. The minimum atomic E-state index is -3.90. The molecule has 0 aromatic heterocycles. The lowest BCUT2D eigenvalue weighted by Gasteiger charge is -2.14. The van der Waals surface area contributed by atoms with Gasteiger partial charge in [0.25, 0.3) is 15.9 Å². The molecule has 0 aliphatic rings. The molecular formula is C21H19ClN2O4S. The number of hydrogen-bond donors (Lipinski definition) is 2. The van der Waals surface area contributed by atoms with E-state index in [4.69, 9.17) is 16.3 Å². The first-order valence-electron chi connectivity index (χ1n) is 8.63. The van der Waals surface area contributed by atoms with Crippen molar-refractivity contribution in [2.75, 3.05) is 17.1 Å². The van der Waals surface area contributed by atoms with Gasteiger partial charge in [0, 0.05) is 16.3 Å². The number of anilines is 2. The minimum Gasteiger partial charge on any atom is -0.495 e. The number of rotatable bonds is 6. The zero-order chi connectivity index (χ0) is 21.0. The van der Waals surface area contributed by atoms with Gasteiger partial charge in [0.05, 0.1) is 17.7 Å². The van der Waals surface area contributed by atoms with E-state index < -0.39 is 10.0 Å². The van der Waals surface area contributed by atoms with Crippen LogP contribution in [0.5, 0.6) is 5.75 Å². The number of ether oxygens (including phenoxy) is 1. The summed E-state index contributed by atoms with van der Waals surface area (Å²) in [7, 11) is -2.44. The van der Waals surface area contributed by atoms with Crippen LogP contribution in [0.25, 0.3) is 0 Å². The Kier molecular flexibility index (Phi) is 6.10. The molecule has 3 aromatic rings. The van der Waals surface area contributed by atoms with Crippen LogP contribution in [0.1, 0.15) is 15.9 Å². The summed E-state index contributed by atoms with van der Waals surface area (Å²) < 4.78 is 33.6. The Morgan fingerprint density at radius 2 is 1.69 bits per heavy atom. The second kappa shape index (κ2) is 8.55. The largest absolute Gasteiger partial charge is 0.495 e. The first-order chi connectivity index (χ1) is 13.8. The van der Waals surface area contributed by atoms with Crippen LogP contribution in [0.2, 0.25) is 5.02 Å². The Hall–Kier alpha value is -3.03. The van der Waals surface area contributed by atoms with Gasteiger partial charge >= 0.3 is 0 Å². The van der Waals surface area contributed by atoms with Crippen molar-refractivity contribution in [3.63, 3.8) is 0 Å². The van der Waals surface area contributed by atoms with Crippen molar-refractivity contribution in [1.29, 1.82) is 0 Å². The van der Waals surface area contributed by atoms with E-state index in [2.05, 4.69) is 10.0 Å². The number of methoxy groups -OCH3 is 1. The minimum absolute atomic E-state index is 0.0531. The van der Waals surface area contributed by atoms with Gasteiger partial charge in [-0.2, -0.15) is 0 Å². The second-order valence-electron chi connectivity index (χ2n) is 6.25. The van der Waals surface area contributed by atoms with Gasteiger partial charge in [-0.3, -0.25) is 9.52 Å². The quantitative estimate of drug-likeness (QED) is 0.593. The van der Waals surface area contributed by atoms with Crippen LogP contribution < -0.4 is 14.8 Å². The molecule has 2 N–H and O–H groups in total. The summed E-state index contributed by atoms with van der Waals surface area (Å²) in [5, 5.41) is 3.23. The first-order valence-corrected chi connectivity index (χ1v) is 10.5. The summed E-state index contributed by atoms with van der Waals surface area (Å²) in [6, 6.07) is 17.8. The number of nitrogens with one attached hydrogen (secondary N) is 2. The molecule has 8 heteroatoms. The van der Waals surface area contributed by atoms with Gasteiger partial charge in [0.1, 0.15) is 5.75 Å². The second-order valence-corrected chi connectivity index (χ2v) is 8.33. The molecule has 0 fully saturated rings. The number of carbonyl (C=O) groups excluding carboxylic acids is 1. The average Bonchev–Trinajstić information content (AvgIpc) is 2.70. The van der Waals surface area contributed by atoms with Crippen LogP contribution in [0, 0.1) is 6.92 Å². The van der Waals surface area contributed by atoms with Crippen molar-refractivity contribution >= 4 is 38.9 Å². The summed E-state index contributed by atoms with van der Waals surface area (Å²) in [6.07, 6.45) is 0. The molecule has 150 valence electrons. The SMILES string of the molecule is COc1ccccc1NS(=O)(=O)c1cc(NC(=O)c2ccc(Cl)cc2)ccc1C. The van der Waals surface area contributed by atoms with Crippen LogP contribution in [0.15, 0.2) is 71.6 Å². The normalized spacial score (nSPS) is 11.0. The molecule has 0 unspecified atom stereocenters. The maximum atomic E-state index is 12.9. The summed E-state index contributed by atoms with van der Waals surface area (Å²) in [5.74, 6) is 0.0347. The van der Waals surface area contributed by atoms with E-state index in [0.29, 0.717) is 33.3 Å². The number of sulfonamides is 1. The molecule has 0 heterocycles. The van der Waals surface area contributed by atoms with E-state index in [1.165, 1.54) is 13.2 Å². The molecule has 3 aromatic carbocycles. The lowest BCUT2D eigenvalue weighted by molar-refractivity contribution is 0.102. The monoisotopic (exact) mass is 430 g/mol. The zero-order valence-electron chi connectivity index (χ0n) is 15.8. The first kappa shape index (κ1) is 20.7. The van der Waals surface area contributed by atoms with Gasteiger partial charge in [-0.15, -0.1) is 0 Å². The fourth-order valence-corrected chi connectivity index (χ4v) is 4.17. The highest BCUT2D eigenvalue weighted by atomic mass is 35.5. The Morgan fingerprint density at radius 3 is 2.38 bits per heavy atom. The Bertz CT molecular complexity index is 1150. The number of aryl methyl sites for hydroxylation is 1. The standard InChI is InChI=1S/C21H19ClN2O4S/c1-14-7-12-17(23-21(25)15-8-10-16(22)11-9-15)13-20(14)29(26,27)24-18-5-3-4-6-19(18)28-2/h3-13,24H,1-2H3,(H,23,25). The Balaban J connectivity index is 1.88. The predicted octanol–water partition coefficient (Wildman–Crippen LogP) is 4.71. The molecule has 0 aliphatic carbocycles. The molecule has 3 rings (SSSR count). The maximum Gasteiger partial charge on any atom is 0.262 e. The van der Waals surface area contributed by atoms with Crippen molar-refractivity contribution < 1.29 is 17.9 Å². The molecule has 0 atom stereocenters. The Morgan fingerprint density at radius 1 is 1.00 bits per heavy atom. The van der Waals surface area contributed by atoms with Crippen LogP contribution in [0.3, 0.4) is 0 Å². The highest BCUT2D eigenvalue weighted by Crippen LogP contribution is 2.28. The molecule has 6 nitrogen and oxygen atoms in total. The number of halogens is 1. The van der Waals surface area contributed by atoms with Gasteiger partial charge in [0.2, 0.25) is 0 Å². The molecule has 0 aliphatic heterocycles. The highest BCUT2D eigenvalue weighted by molar-refractivity contribution is 7.92. The number of hydrogen-bond acceptors (Lipinski definition) is 4. The molecule has 0 bridgehead atoms. The van der Waals surface area contributed by atoms with Crippen LogP contribution in [-0.2, 0) is 10.0 Å². The van der Waals surface area contributed by atoms with Crippen molar-refractivity contribution in [1.82, 2.24) is 0 Å². The van der Waals surface area contributed by atoms with Gasteiger partial charge in [0.15, 0.2) is 0 Å². The zero-order valence-corrected chi connectivity index (χ0v) is 17.3. The topological polar surface area (TPSA) is 84.5 Å². The predicted molar refractivity (Wildman–Crippen MR) is 114 cm³/mol. The molecule has 0 saturated carbocycles. The molecule has 1 amide bonds. The van der Waals surface area contributed by atoms with Crippen molar-refractivity contribution in [2.24, 2.45) is 0 Å². The van der Waals surface area contributed by atoms with Gasteiger partial charge in [-0.1, -0.05) is 29.8 Å². The summed E-state index contributed by atoms with van der Waals surface area (Å²) in [5.41, 5.74) is 1.63. The van der Waals surface area contributed by atoms with E-state index >= 15 is 0 Å². The number of benzene rings is 3. The molecule has 0 radical (unpaired) electrons. The van der Waals surface area contributed by atoms with Crippen molar-refractivity contribution in [2.45, 2.75) is 11.8 Å². The van der Waals surface area contributed by atoms with Crippen molar-refractivity contribution in [3.8, 4) is 5.75 Å². The lowest BCUT2D eigenvalue weighted by atomic mass is 10.2. The third kappa shape index (κ3) is 4.88. The Labute approximate surface area is 174 Å². The van der Waals surface area contributed by atoms with Gasteiger partial charge in [-0.25, -0.2) is 8.42 Å². The van der Waals surface area contributed by atoms with Crippen LogP contribution in [0.4, 0.5) is 11.4 Å². The molecule has 29 heavy (non-hydrogen) atoms. The van der Waals surface area contributed by atoms with E-state index in [9.17, 15) is 13.2 Å². The van der Waals surface area contributed by atoms with Gasteiger partial charge in [-0.05, 0) is 61.0 Å². The third-order valence-corrected chi connectivity index (χ3v) is 5.95. The molecular weight excluding hydrogens is 412 g/mol. The van der Waals surface area contributed by atoms with E-state index in [1.807, 2.05) is 0 Å². The molecule has 0 spiro atoms. The summed E-state index contributed by atoms with van der Waals surface area (Å²) in [6.45, 7) is 1.68. The van der Waals surface area contributed by atoms with E-state index in [-0.39, 0.29) is 10.8 Å². The fourth-order valence-electron chi connectivity index (χ4n) is 2.70. The van der Waals surface area contributed by atoms with Gasteiger partial charge < -0.3 is 10.1 Å². The molecule has 0 saturated heterocycles. The maximum absolute atomic E-state index is 12.9. The van der Waals surface area contributed by atoms with E-state index in [0.717, 1.165) is 0 Å². The van der Waals surface area contributed by atoms with Crippen molar-refractivity contribution in [3.05, 3.63) is 82.9 Å². The fraction of sp³-hybridized carbons (Fsp3) is 0.0952. The smallest absolute Gasteiger partial charge is 0.262 e. The van der Waals surface area contributed by atoms with E-state index in [1.54, 1.807) is 67.6 Å². The highest BCUT2D eigenvalue weighted by Gasteiger charge is 2.20. The van der Waals surface area contributed by atoms with Crippen LogP contribution in [-0.4, -0.2) is 21.4 Å². The number of amides is 1. The van der Waals surface area contributed by atoms with Crippen LogP contribution >= 0.6 is 11.6 Å². The summed E-state index contributed by atoms with van der Waals surface area (Å²) >= 11 is 5.84. The average molecular weight is 431 g/mol.